The van der Waals surface area contributed by atoms with Crippen LogP contribution in [0.2, 0.25) is 0 Å². The number of benzene rings is 1. The minimum Gasteiger partial charge on any atom is -0.350 e. The zero-order chi connectivity index (χ0) is 16.3. The summed E-state index contributed by atoms with van der Waals surface area (Å²) in [5.74, 6) is 0.979. The molecule has 0 bridgehead atoms. The zero-order valence-electron chi connectivity index (χ0n) is 14.5. The molecule has 0 saturated carbocycles. The first-order valence-corrected chi connectivity index (χ1v) is 8.91. The first-order chi connectivity index (χ1) is 11.1. The molecule has 1 aromatic carbocycles. The summed E-state index contributed by atoms with van der Waals surface area (Å²) < 4.78 is 0. The number of hydrogen-bond donors (Lipinski definition) is 1. The Morgan fingerprint density at radius 3 is 2.71 bits per heavy atom. The van der Waals surface area contributed by atoms with Crippen LogP contribution in [-0.2, 0) is 6.54 Å². The summed E-state index contributed by atoms with van der Waals surface area (Å²) >= 11 is 1.69. The number of thiazole rings is 1. The molecule has 3 rings (SSSR count). The van der Waals surface area contributed by atoms with Crippen LogP contribution in [0.5, 0.6) is 0 Å². The number of rotatable bonds is 3. The van der Waals surface area contributed by atoms with Crippen LogP contribution in [-0.4, -0.2) is 36.0 Å². The fraction of sp³-hybridized carbons (Fsp3) is 0.444. The first-order valence-electron chi connectivity index (χ1n) is 8.03. The monoisotopic (exact) mass is 456 g/mol. The maximum Gasteiger partial charge on any atom is 0.194 e. The molecule has 0 spiro atoms. The van der Waals surface area contributed by atoms with Gasteiger partial charge in [-0.2, -0.15) is 0 Å². The highest BCUT2D eigenvalue weighted by molar-refractivity contribution is 14.0. The van der Waals surface area contributed by atoms with Gasteiger partial charge in [-0.25, -0.2) is 4.98 Å². The molecule has 0 amide bonds. The van der Waals surface area contributed by atoms with Gasteiger partial charge in [-0.15, -0.1) is 35.3 Å². The predicted molar refractivity (Wildman–Crippen MR) is 113 cm³/mol. The summed E-state index contributed by atoms with van der Waals surface area (Å²) in [5.41, 5.74) is 2.59. The average molecular weight is 456 g/mol. The Hall–Kier alpha value is -1.15. The highest BCUT2D eigenvalue weighted by Crippen LogP contribution is 2.28. The summed E-state index contributed by atoms with van der Waals surface area (Å²) in [6.07, 6.45) is 1.21. The summed E-state index contributed by atoms with van der Waals surface area (Å²) in [6.45, 7) is 7.47. The number of nitrogens with one attached hydrogen (secondary N) is 1. The van der Waals surface area contributed by atoms with Crippen LogP contribution in [0.25, 0.3) is 11.3 Å². The van der Waals surface area contributed by atoms with Crippen molar-refractivity contribution in [1.29, 1.82) is 0 Å². The number of hydrogen-bond acceptors (Lipinski definition) is 3. The first kappa shape index (κ1) is 19.2. The van der Waals surface area contributed by atoms with Crippen molar-refractivity contribution in [1.82, 2.24) is 15.2 Å². The van der Waals surface area contributed by atoms with Gasteiger partial charge in [-0.3, -0.25) is 4.99 Å². The van der Waals surface area contributed by atoms with Crippen molar-refractivity contribution < 1.29 is 0 Å². The van der Waals surface area contributed by atoms with Gasteiger partial charge in [-0.05, 0) is 11.8 Å². The molecule has 0 unspecified atom stereocenters. The summed E-state index contributed by atoms with van der Waals surface area (Å²) in [5, 5.41) is 6.66. The minimum atomic E-state index is 0. The maximum absolute atomic E-state index is 4.72. The lowest BCUT2D eigenvalue weighted by Gasteiger charge is -2.23. The largest absolute Gasteiger partial charge is 0.350 e. The Morgan fingerprint density at radius 1 is 1.33 bits per heavy atom. The lowest BCUT2D eigenvalue weighted by molar-refractivity contribution is 0.370. The fourth-order valence-electron chi connectivity index (χ4n) is 2.91. The van der Waals surface area contributed by atoms with E-state index in [4.69, 9.17) is 4.98 Å². The van der Waals surface area contributed by atoms with Crippen molar-refractivity contribution in [3.63, 3.8) is 0 Å². The topological polar surface area (TPSA) is 40.5 Å². The molecule has 1 fully saturated rings. The number of guanidine groups is 1. The third kappa shape index (κ3) is 4.69. The predicted octanol–water partition coefficient (Wildman–Crippen LogP) is 4.24. The van der Waals surface area contributed by atoms with Crippen molar-refractivity contribution in [2.75, 3.05) is 20.1 Å². The van der Waals surface area contributed by atoms with Crippen LogP contribution in [0.3, 0.4) is 0 Å². The van der Waals surface area contributed by atoms with E-state index in [1.807, 2.05) is 25.2 Å². The lowest BCUT2D eigenvalue weighted by Crippen LogP contribution is -2.40. The van der Waals surface area contributed by atoms with E-state index in [9.17, 15) is 0 Å². The lowest BCUT2D eigenvalue weighted by atomic mass is 9.93. The van der Waals surface area contributed by atoms with Gasteiger partial charge in [0, 0.05) is 31.1 Å². The van der Waals surface area contributed by atoms with Crippen LogP contribution in [0, 0.1) is 5.41 Å². The van der Waals surface area contributed by atoms with Gasteiger partial charge in [0.05, 0.1) is 12.2 Å². The van der Waals surface area contributed by atoms with Crippen molar-refractivity contribution in [3.8, 4) is 11.3 Å². The standard InChI is InChI=1S/C18H24N4S.HI/c1-18(2)9-10-22(13-18)17(19-3)20-11-16-21-15(12-23-16)14-7-5-4-6-8-14;/h4-8,12H,9-11,13H2,1-3H3,(H,19,20);1H. The molecule has 0 aliphatic carbocycles. The molecule has 4 nitrogen and oxygen atoms in total. The van der Waals surface area contributed by atoms with Gasteiger partial charge in [0.2, 0.25) is 0 Å². The Kier molecular flexibility index (Phi) is 6.62. The van der Waals surface area contributed by atoms with E-state index in [0.717, 1.165) is 36.3 Å². The van der Waals surface area contributed by atoms with E-state index in [2.05, 4.69) is 46.6 Å². The molecule has 1 aliphatic rings. The van der Waals surface area contributed by atoms with Crippen molar-refractivity contribution in [3.05, 3.63) is 40.7 Å². The Labute approximate surface area is 165 Å². The number of aromatic nitrogens is 1. The van der Waals surface area contributed by atoms with E-state index < -0.39 is 0 Å². The molecule has 0 atom stereocenters. The molecule has 6 heteroatoms. The second-order valence-corrected chi connectivity index (χ2v) is 7.67. The smallest absolute Gasteiger partial charge is 0.194 e. The third-order valence-corrected chi connectivity index (χ3v) is 5.06. The number of nitrogens with zero attached hydrogens (tertiary/aromatic N) is 3. The van der Waals surface area contributed by atoms with Crippen LogP contribution in [0.15, 0.2) is 40.7 Å². The fourth-order valence-corrected chi connectivity index (χ4v) is 3.66. The molecule has 1 aliphatic heterocycles. The van der Waals surface area contributed by atoms with E-state index in [-0.39, 0.29) is 24.0 Å². The van der Waals surface area contributed by atoms with Gasteiger partial charge < -0.3 is 10.2 Å². The van der Waals surface area contributed by atoms with E-state index in [0.29, 0.717) is 5.41 Å². The van der Waals surface area contributed by atoms with Crippen molar-refractivity contribution in [2.24, 2.45) is 10.4 Å². The minimum absolute atomic E-state index is 0. The molecule has 1 aromatic heterocycles. The van der Waals surface area contributed by atoms with Crippen molar-refractivity contribution >= 4 is 41.3 Å². The number of aliphatic imine (C=N–C) groups is 1. The van der Waals surface area contributed by atoms with Crippen LogP contribution in [0.4, 0.5) is 0 Å². The summed E-state index contributed by atoms with van der Waals surface area (Å²) in [7, 11) is 1.85. The van der Waals surface area contributed by atoms with Gasteiger partial charge in [0.25, 0.3) is 0 Å². The van der Waals surface area contributed by atoms with E-state index in [1.165, 1.54) is 12.0 Å². The second kappa shape index (κ2) is 8.29. The summed E-state index contributed by atoms with van der Waals surface area (Å²) in [4.78, 5) is 11.5. The normalized spacial score (nSPS) is 16.8. The molecule has 130 valence electrons. The van der Waals surface area contributed by atoms with Crippen LogP contribution in [0.1, 0.15) is 25.3 Å². The second-order valence-electron chi connectivity index (χ2n) is 6.73. The van der Waals surface area contributed by atoms with Crippen LogP contribution < -0.4 is 5.32 Å². The molecular formula is C18H25IN4S. The van der Waals surface area contributed by atoms with Gasteiger partial charge in [-0.1, -0.05) is 44.2 Å². The van der Waals surface area contributed by atoms with Crippen LogP contribution >= 0.6 is 35.3 Å². The molecule has 1 saturated heterocycles. The SMILES string of the molecule is CN=C(NCc1nc(-c2ccccc2)cs1)N1CCC(C)(C)C1.I. The Morgan fingerprint density at radius 2 is 2.08 bits per heavy atom. The van der Waals surface area contributed by atoms with E-state index >= 15 is 0 Å². The van der Waals surface area contributed by atoms with Gasteiger partial charge in [0.1, 0.15) is 5.01 Å². The molecule has 2 aromatic rings. The Bertz CT molecular complexity index is 681. The van der Waals surface area contributed by atoms with E-state index in [1.54, 1.807) is 11.3 Å². The van der Waals surface area contributed by atoms with Gasteiger partial charge >= 0.3 is 0 Å². The number of halogens is 1. The Balaban J connectivity index is 0.00000208. The molecule has 0 radical (unpaired) electrons. The molecular weight excluding hydrogens is 431 g/mol. The number of likely N-dealkylation sites (tertiary alicyclic amines) is 1. The third-order valence-electron chi connectivity index (χ3n) is 4.21. The highest BCUT2D eigenvalue weighted by Gasteiger charge is 2.30. The molecule has 1 N–H and O–H groups in total. The molecule has 24 heavy (non-hydrogen) atoms. The highest BCUT2D eigenvalue weighted by atomic mass is 127. The quantitative estimate of drug-likeness (QED) is 0.427. The average Bonchev–Trinajstić information content (AvgIpc) is 3.16. The maximum atomic E-state index is 4.72. The summed E-state index contributed by atoms with van der Waals surface area (Å²) in [6, 6.07) is 10.3. The zero-order valence-corrected chi connectivity index (χ0v) is 17.6. The molecule has 2 heterocycles. The van der Waals surface area contributed by atoms with Crippen molar-refractivity contribution in [2.45, 2.75) is 26.8 Å². The van der Waals surface area contributed by atoms with Gasteiger partial charge in [0.15, 0.2) is 5.96 Å².